The van der Waals surface area contributed by atoms with Crippen molar-refractivity contribution in [3.05, 3.63) is 23.0 Å². The molecule has 0 amide bonds. The number of aromatic nitrogens is 1. The average molecular weight is 276 g/mol. The van der Waals surface area contributed by atoms with Crippen LogP contribution in [0.5, 0.6) is 5.75 Å². The molecule has 3 unspecified atom stereocenters. The van der Waals surface area contributed by atoms with E-state index in [1.807, 2.05) is 13.1 Å². The van der Waals surface area contributed by atoms with Crippen LogP contribution in [0.1, 0.15) is 43.0 Å². The SMILES string of the molecule is COc1c(C)cnc(CC2CC(C)CCC2CN)c1C. The first-order valence-corrected chi connectivity index (χ1v) is 7.75. The first kappa shape index (κ1) is 15.3. The second-order valence-electron chi connectivity index (χ2n) is 6.42. The van der Waals surface area contributed by atoms with Gasteiger partial charge in [-0.2, -0.15) is 0 Å². The summed E-state index contributed by atoms with van der Waals surface area (Å²) in [6.45, 7) is 7.33. The van der Waals surface area contributed by atoms with E-state index in [0.717, 1.165) is 30.2 Å². The largest absolute Gasteiger partial charge is 0.496 e. The Hall–Kier alpha value is -1.09. The maximum atomic E-state index is 5.97. The van der Waals surface area contributed by atoms with Gasteiger partial charge in [0.15, 0.2) is 0 Å². The van der Waals surface area contributed by atoms with E-state index >= 15 is 0 Å². The van der Waals surface area contributed by atoms with Crippen molar-refractivity contribution in [2.24, 2.45) is 23.5 Å². The summed E-state index contributed by atoms with van der Waals surface area (Å²) in [4.78, 5) is 4.65. The molecule has 2 N–H and O–H groups in total. The second-order valence-corrected chi connectivity index (χ2v) is 6.42. The molecule has 3 atom stereocenters. The maximum Gasteiger partial charge on any atom is 0.128 e. The van der Waals surface area contributed by atoms with Crippen LogP contribution in [-0.4, -0.2) is 18.6 Å². The number of hydrogen-bond acceptors (Lipinski definition) is 3. The number of nitrogens with zero attached hydrogens (tertiary/aromatic N) is 1. The fourth-order valence-corrected chi connectivity index (χ4v) is 3.65. The van der Waals surface area contributed by atoms with Crippen molar-refractivity contribution in [2.45, 2.75) is 46.5 Å². The highest BCUT2D eigenvalue weighted by Gasteiger charge is 2.28. The standard InChI is InChI=1S/C17H28N2O/c1-11-5-6-14(9-18)15(7-11)8-16-13(3)17(20-4)12(2)10-19-16/h10-11,14-15H,5-9,18H2,1-4H3. The lowest BCUT2D eigenvalue weighted by Crippen LogP contribution is -2.31. The van der Waals surface area contributed by atoms with Gasteiger partial charge in [0, 0.05) is 23.0 Å². The number of pyridine rings is 1. The Labute approximate surface area is 122 Å². The zero-order valence-electron chi connectivity index (χ0n) is 13.3. The van der Waals surface area contributed by atoms with E-state index in [9.17, 15) is 0 Å². The highest BCUT2D eigenvalue weighted by atomic mass is 16.5. The minimum Gasteiger partial charge on any atom is -0.496 e. The molecule has 3 heteroatoms. The molecule has 20 heavy (non-hydrogen) atoms. The quantitative estimate of drug-likeness (QED) is 0.918. The topological polar surface area (TPSA) is 48.1 Å². The first-order chi connectivity index (χ1) is 9.56. The minimum atomic E-state index is 0.652. The molecule has 0 radical (unpaired) electrons. The summed E-state index contributed by atoms with van der Waals surface area (Å²) in [5.41, 5.74) is 9.46. The third-order valence-corrected chi connectivity index (χ3v) is 4.91. The third-order valence-electron chi connectivity index (χ3n) is 4.91. The molecule has 1 saturated carbocycles. The van der Waals surface area contributed by atoms with Gasteiger partial charge in [0.05, 0.1) is 7.11 Å². The average Bonchev–Trinajstić information content (AvgIpc) is 2.43. The molecule has 1 aromatic heterocycles. The van der Waals surface area contributed by atoms with Crippen LogP contribution in [-0.2, 0) is 6.42 Å². The van der Waals surface area contributed by atoms with Crippen LogP contribution < -0.4 is 10.5 Å². The van der Waals surface area contributed by atoms with Gasteiger partial charge in [-0.3, -0.25) is 4.98 Å². The number of aryl methyl sites for hydroxylation is 1. The first-order valence-electron chi connectivity index (χ1n) is 7.75. The lowest BCUT2D eigenvalue weighted by Gasteiger charge is -2.34. The zero-order chi connectivity index (χ0) is 14.7. The molecule has 0 saturated heterocycles. The number of methoxy groups -OCH3 is 1. The van der Waals surface area contributed by atoms with Crippen molar-refractivity contribution in [2.75, 3.05) is 13.7 Å². The summed E-state index contributed by atoms with van der Waals surface area (Å²) >= 11 is 0. The Bertz CT molecular complexity index is 459. The van der Waals surface area contributed by atoms with Crippen LogP contribution in [0.25, 0.3) is 0 Å². The Balaban J connectivity index is 2.20. The summed E-state index contributed by atoms with van der Waals surface area (Å²) in [6, 6.07) is 0. The van der Waals surface area contributed by atoms with Gasteiger partial charge >= 0.3 is 0 Å². The van der Waals surface area contributed by atoms with Crippen LogP contribution in [0, 0.1) is 31.6 Å². The van der Waals surface area contributed by atoms with E-state index in [2.05, 4.69) is 18.8 Å². The molecule has 0 aliphatic heterocycles. The molecule has 0 spiro atoms. The molecule has 3 nitrogen and oxygen atoms in total. The molecule has 0 aromatic carbocycles. The van der Waals surface area contributed by atoms with E-state index in [4.69, 9.17) is 10.5 Å². The fourth-order valence-electron chi connectivity index (χ4n) is 3.65. The Kier molecular flexibility index (Phi) is 5.03. The van der Waals surface area contributed by atoms with Gasteiger partial charge in [-0.05, 0) is 57.4 Å². The monoisotopic (exact) mass is 276 g/mol. The number of rotatable bonds is 4. The minimum absolute atomic E-state index is 0.652. The van der Waals surface area contributed by atoms with Crippen molar-refractivity contribution in [3.8, 4) is 5.75 Å². The van der Waals surface area contributed by atoms with Gasteiger partial charge in [-0.25, -0.2) is 0 Å². The van der Waals surface area contributed by atoms with Crippen molar-refractivity contribution in [1.29, 1.82) is 0 Å². The highest BCUT2D eigenvalue weighted by molar-refractivity contribution is 5.41. The summed E-state index contributed by atoms with van der Waals surface area (Å²) in [7, 11) is 1.74. The highest BCUT2D eigenvalue weighted by Crippen LogP contribution is 2.36. The van der Waals surface area contributed by atoms with E-state index in [1.54, 1.807) is 7.11 Å². The van der Waals surface area contributed by atoms with Crippen LogP contribution in [0.3, 0.4) is 0 Å². The molecule has 0 bridgehead atoms. The lowest BCUT2D eigenvalue weighted by molar-refractivity contribution is 0.192. The van der Waals surface area contributed by atoms with Gasteiger partial charge in [0.1, 0.15) is 5.75 Å². The van der Waals surface area contributed by atoms with Crippen LogP contribution in [0.2, 0.25) is 0 Å². The van der Waals surface area contributed by atoms with Crippen LogP contribution in [0.4, 0.5) is 0 Å². The Morgan fingerprint density at radius 3 is 2.70 bits per heavy atom. The molecular weight excluding hydrogens is 248 g/mol. The van der Waals surface area contributed by atoms with Gasteiger partial charge in [0.2, 0.25) is 0 Å². The third kappa shape index (κ3) is 3.14. The smallest absolute Gasteiger partial charge is 0.128 e. The van der Waals surface area contributed by atoms with Crippen LogP contribution >= 0.6 is 0 Å². The predicted octanol–water partition coefficient (Wildman–Crippen LogP) is 3.26. The van der Waals surface area contributed by atoms with E-state index in [0.29, 0.717) is 11.8 Å². The Morgan fingerprint density at radius 2 is 2.05 bits per heavy atom. The van der Waals surface area contributed by atoms with E-state index < -0.39 is 0 Å². The molecule has 1 aliphatic carbocycles. The van der Waals surface area contributed by atoms with Crippen LogP contribution in [0.15, 0.2) is 6.20 Å². The second kappa shape index (κ2) is 6.57. The van der Waals surface area contributed by atoms with Gasteiger partial charge in [-0.1, -0.05) is 13.3 Å². The summed E-state index contributed by atoms with van der Waals surface area (Å²) in [5, 5.41) is 0. The van der Waals surface area contributed by atoms with Crippen molar-refractivity contribution < 1.29 is 4.74 Å². The predicted molar refractivity (Wildman–Crippen MR) is 83.0 cm³/mol. The summed E-state index contributed by atoms with van der Waals surface area (Å²) in [5.74, 6) is 3.13. The van der Waals surface area contributed by atoms with Crippen molar-refractivity contribution >= 4 is 0 Å². The number of hydrogen-bond donors (Lipinski definition) is 1. The molecule has 1 aromatic rings. The fraction of sp³-hybridized carbons (Fsp3) is 0.706. The van der Waals surface area contributed by atoms with Gasteiger partial charge < -0.3 is 10.5 Å². The summed E-state index contributed by atoms with van der Waals surface area (Å²) < 4.78 is 5.52. The molecule has 1 heterocycles. The van der Waals surface area contributed by atoms with E-state index in [-0.39, 0.29) is 0 Å². The van der Waals surface area contributed by atoms with Crippen molar-refractivity contribution in [3.63, 3.8) is 0 Å². The lowest BCUT2D eigenvalue weighted by atomic mass is 9.72. The van der Waals surface area contributed by atoms with E-state index in [1.165, 1.54) is 30.5 Å². The maximum absolute atomic E-state index is 5.97. The van der Waals surface area contributed by atoms with Gasteiger partial charge in [0.25, 0.3) is 0 Å². The molecule has 1 fully saturated rings. The zero-order valence-corrected chi connectivity index (χ0v) is 13.3. The summed E-state index contributed by atoms with van der Waals surface area (Å²) in [6.07, 6.45) is 6.84. The molecule has 2 rings (SSSR count). The molecule has 1 aliphatic rings. The van der Waals surface area contributed by atoms with Gasteiger partial charge in [-0.15, -0.1) is 0 Å². The molecule has 112 valence electrons. The number of nitrogens with two attached hydrogens (primary N) is 1. The Morgan fingerprint density at radius 1 is 1.30 bits per heavy atom. The van der Waals surface area contributed by atoms with Crippen molar-refractivity contribution in [1.82, 2.24) is 4.98 Å². The normalized spacial score (nSPS) is 26.6. The molecular formula is C17H28N2O. The number of ether oxygens (including phenoxy) is 1.